The van der Waals surface area contributed by atoms with E-state index in [1.165, 1.54) is 10.5 Å². The van der Waals surface area contributed by atoms with Crippen molar-refractivity contribution >= 4 is 18.2 Å². The van der Waals surface area contributed by atoms with E-state index in [0.717, 1.165) is 12.8 Å². The Hall–Kier alpha value is -0.960. The molecule has 0 aliphatic carbocycles. The van der Waals surface area contributed by atoms with Crippen LogP contribution in [-0.2, 0) is 11.2 Å². The Balaban J connectivity index is 2.44. The van der Waals surface area contributed by atoms with Crippen molar-refractivity contribution in [2.24, 2.45) is 0 Å². The van der Waals surface area contributed by atoms with E-state index in [9.17, 15) is 4.79 Å². The first kappa shape index (κ1) is 10.1. The average molecular weight is 195 g/mol. The molecule has 0 aliphatic rings. The van der Waals surface area contributed by atoms with E-state index in [2.05, 4.69) is 35.8 Å². The Bertz CT molecular complexity index is 258. The first-order valence-corrected chi connectivity index (χ1v) is 5.39. The summed E-state index contributed by atoms with van der Waals surface area (Å²) in [4.78, 5) is 11.3. The molecule has 0 radical (unpaired) electrons. The van der Waals surface area contributed by atoms with Gasteiger partial charge >= 0.3 is 0 Å². The monoisotopic (exact) mass is 195 g/mol. The maximum atomic E-state index is 9.98. The number of hydrogen-bond acceptors (Lipinski definition) is 2. The topological polar surface area (TPSA) is 29.1 Å². The number of amides is 1. The maximum Gasteiger partial charge on any atom is 0.207 e. The second kappa shape index (κ2) is 5.65. The van der Waals surface area contributed by atoms with Crippen molar-refractivity contribution in [2.45, 2.75) is 11.3 Å². The SMILES string of the molecule is CSc1ccc(CCNC=O)cc1. The summed E-state index contributed by atoms with van der Waals surface area (Å²) in [5.74, 6) is 0. The van der Waals surface area contributed by atoms with Gasteiger partial charge < -0.3 is 5.32 Å². The second-order valence-electron chi connectivity index (χ2n) is 2.67. The molecule has 1 amide bonds. The molecule has 1 aromatic rings. The zero-order chi connectivity index (χ0) is 9.52. The third-order valence-electron chi connectivity index (χ3n) is 1.80. The Morgan fingerprint density at radius 3 is 2.62 bits per heavy atom. The van der Waals surface area contributed by atoms with Crippen molar-refractivity contribution in [3.63, 3.8) is 0 Å². The average Bonchev–Trinajstić information content (AvgIpc) is 2.19. The highest BCUT2D eigenvalue weighted by molar-refractivity contribution is 7.98. The van der Waals surface area contributed by atoms with Gasteiger partial charge in [0.2, 0.25) is 6.41 Å². The summed E-state index contributed by atoms with van der Waals surface area (Å²) < 4.78 is 0. The van der Waals surface area contributed by atoms with Crippen LogP contribution in [0.15, 0.2) is 29.2 Å². The predicted octanol–water partition coefficient (Wildman–Crippen LogP) is 1.70. The van der Waals surface area contributed by atoms with Crippen LogP contribution in [0.4, 0.5) is 0 Å². The van der Waals surface area contributed by atoms with Crippen LogP contribution >= 0.6 is 11.8 Å². The Kier molecular flexibility index (Phi) is 4.40. The molecule has 1 N–H and O–H groups in total. The first-order valence-electron chi connectivity index (χ1n) is 4.17. The highest BCUT2D eigenvalue weighted by atomic mass is 32.2. The second-order valence-corrected chi connectivity index (χ2v) is 3.55. The molecule has 1 rings (SSSR count). The van der Waals surface area contributed by atoms with Crippen molar-refractivity contribution in [3.8, 4) is 0 Å². The lowest BCUT2D eigenvalue weighted by atomic mass is 10.1. The third-order valence-corrected chi connectivity index (χ3v) is 2.54. The predicted molar refractivity (Wildman–Crippen MR) is 56.0 cm³/mol. The molecule has 0 aromatic heterocycles. The van der Waals surface area contributed by atoms with Gasteiger partial charge in [-0.05, 0) is 30.4 Å². The quantitative estimate of drug-likeness (QED) is 0.440. The van der Waals surface area contributed by atoms with Gasteiger partial charge in [-0.1, -0.05) is 12.1 Å². The lowest BCUT2D eigenvalue weighted by molar-refractivity contribution is -0.109. The summed E-state index contributed by atoms with van der Waals surface area (Å²) in [5, 5.41) is 2.64. The normalized spacial score (nSPS) is 9.62. The number of rotatable bonds is 5. The van der Waals surface area contributed by atoms with E-state index in [1.54, 1.807) is 11.8 Å². The van der Waals surface area contributed by atoms with Crippen molar-refractivity contribution in [3.05, 3.63) is 29.8 Å². The van der Waals surface area contributed by atoms with Crippen LogP contribution in [0.1, 0.15) is 5.56 Å². The highest BCUT2D eigenvalue weighted by Crippen LogP contribution is 2.14. The highest BCUT2D eigenvalue weighted by Gasteiger charge is 1.92. The number of carbonyl (C=O) groups is 1. The van der Waals surface area contributed by atoms with Gasteiger partial charge in [0.1, 0.15) is 0 Å². The summed E-state index contributed by atoms with van der Waals surface area (Å²) >= 11 is 1.73. The van der Waals surface area contributed by atoms with E-state index >= 15 is 0 Å². The van der Waals surface area contributed by atoms with Crippen LogP contribution in [-0.4, -0.2) is 19.2 Å². The molecular weight excluding hydrogens is 182 g/mol. The molecule has 1 aromatic carbocycles. The third kappa shape index (κ3) is 3.51. The van der Waals surface area contributed by atoms with Gasteiger partial charge in [-0.2, -0.15) is 0 Å². The van der Waals surface area contributed by atoms with Crippen LogP contribution in [0, 0.1) is 0 Å². The summed E-state index contributed by atoms with van der Waals surface area (Å²) in [7, 11) is 0. The smallest absolute Gasteiger partial charge is 0.207 e. The van der Waals surface area contributed by atoms with Crippen LogP contribution in [0.5, 0.6) is 0 Å². The Labute approximate surface area is 82.7 Å². The molecule has 0 saturated carbocycles. The van der Waals surface area contributed by atoms with Gasteiger partial charge in [0.25, 0.3) is 0 Å². The number of nitrogens with one attached hydrogen (secondary N) is 1. The molecule has 0 aliphatic heterocycles. The van der Waals surface area contributed by atoms with Crippen LogP contribution in [0.3, 0.4) is 0 Å². The molecule has 13 heavy (non-hydrogen) atoms. The molecule has 0 fully saturated rings. The van der Waals surface area contributed by atoms with E-state index in [1.807, 2.05) is 0 Å². The van der Waals surface area contributed by atoms with Gasteiger partial charge in [0.05, 0.1) is 0 Å². The standard InChI is InChI=1S/C10H13NOS/c1-13-10-4-2-9(3-5-10)6-7-11-8-12/h2-5,8H,6-7H2,1H3,(H,11,12). The molecule has 0 spiro atoms. The molecule has 0 atom stereocenters. The van der Waals surface area contributed by atoms with Crippen LogP contribution in [0.25, 0.3) is 0 Å². The van der Waals surface area contributed by atoms with Crippen molar-refractivity contribution in [1.82, 2.24) is 5.32 Å². The fraction of sp³-hybridized carbons (Fsp3) is 0.300. The largest absolute Gasteiger partial charge is 0.358 e. The van der Waals surface area contributed by atoms with E-state index < -0.39 is 0 Å². The Morgan fingerprint density at radius 2 is 2.08 bits per heavy atom. The van der Waals surface area contributed by atoms with E-state index in [0.29, 0.717) is 6.54 Å². The van der Waals surface area contributed by atoms with Crippen molar-refractivity contribution in [1.29, 1.82) is 0 Å². The fourth-order valence-corrected chi connectivity index (χ4v) is 1.48. The van der Waals surface area contributed by atoms with Crippen molar-refractivity contribution in [2.75, 3.05) is 12.8 Å². The number of thioether (sulfide) groups is 1. The molecular formula is C10H13NOS. The summed E-state index contributed by atoms with van der Waals surface area (Å²) in [6.45, 7) is 0.710. The van der Waals surface area contributed by atoms with Gasteiger partial charge in [-0.15, -0.1) is 11.8 Å². The number of benzene rings is 1. The fourth-order valence-electron chi connectivity index (χ4n) is 1.07. The molecule has 3 heteroatoms. The summed E-state index contributed by atoms with van der Waals surface area (Å²) in [5.41, 5.74) is 1.26. The van der Waals surface area contributed by atoms with E-state index in [-0.39, 0.29) is 0 Å². The van der Waals surface area contributed by atoms with Crippen LogP contribution < -0.4 is 5.32 Å². The zero-order valence-corrected chi connectivity index (χ0v) is 8.43. The first-order chi connectivity index (χ1) is 6.36. The maximum absolute atomic E-state index is 9.98. The lowest BCUT2D eigenvalue weighted by Crippen LogP contribution is -2.14. The van der Waals surface area contributed by atoms with Gasteiger partial charge in [-0.25, -0.2) is 0 Å². The molecule has 0 bridgehead atoms. The zero-order valence-electron chi connectivity index (χ0n) is 7.62. The molecule has 2 nitrogen and oxygen atoms in total. The van der Waals surface area contributed by atoms with E-state index in [4.69, 9.17) is 0 Å². The Morgan fingerprint density at radius 1 is 1.38 bits per heavy atom. The van der Waals surface area contributed by atoms with Crippen molar-refractivity contribution < 1.29 is 4.79 Å². The molecule has 70 valence electrons. The molecule has 0 heterocycles. The summed E-state index contributed by atoms with van der Waals surface area (Å²) in [6.07, 6.45) is 3.69. The number of hydrogen-bond donors (Lipinski definition) is 1. The lowest BCUT2D eigenvalue weighted by Gasteiger charge is -2.01. The molecule has 0 unspecified atom stereocenters. The minimum absolute atomic E-state index is 0.710. The number of carbonyl (C=O) groups excluding carboxylic acids is 1. The van der Waals surface area contributed by atoms with Gasteiger partial charge in [0.15, 0.2) is 0 Å². The minimum atomic E-state index is 0.710. The van der Waals surface area contributed by atoms with Gasteiger partial charge in [0, 0.05) is 11.4 Å². The molecule has 0 saturated heterocycles. The summed E-state index contributed by atoms with van der Waals surface area (Å²) in [6, 6.07) is 8.39. The van der Waals surface area contributed by atoms with Gasteiger partial charge in [-0.3, -0.25) is 4.79 Å². The minimum Gasteiger partial charge on any atom is -0.358 e. The van der Waals surface area contributed by atoms with Crippen LogP contribution in [0.2, 0.25) is 0 Å².